The van der Waals surface area contributed by atoms with Crippen molar-refractivity contribution < 1.29 is 4.79 Å². The van der Waals surface area contributed by atoms with E-state index in [1.807, 2.05) is 49.1 Å². The molecule has 24 heavy (non-hydrogen) atoms. The van der Waals surface area contributed by atoms with Crippen molar-refractivity contribution in [1.82, 2.24) is 29.5 Å². The summed E-state index contributed by atoms with van der Waals surface area (Å²) in [5, 5.41) is 7.21. The van der Waals surface area contributed by atoms with Gasteiger partial charge in [0, 0.05) is 32.9 Å². The molecule has 2 aromatic heterocycles. The Bertz CT molecular complexity index is 865. The molecule has 126 valence electrons. The van der Waals surface area contributed by atoms with Crippen LogP contribution in [0, 0.1) is 0 Å². The van der Waals surface area contributed by atoms with E-state index < -0.39 is 6.04 Å². The number of carbonyl (C=O) groups excluding carboxylic acids is 1. The van der Waals surface area contributed by atoms with E-state index in [2.05, 4.69) is 15.4 Å². The van der Waals surface area contributed by atoms with Crippen molar-refractivity contribution in [3.63, 3.8) is 0 Å². The number of imidazole rings is 1. The first kappa shape index (κ1) is 16.2. The summed E-state index contributed by atoms with van der Waals surface area (Å²) in [6, 6.07) is 7.54. The van der Waals surface area contributed by atoms with Crippen LogP contribution in [-0.4, -0.2) is 44.2 Å². The number of carbonyl (C=O) groups is 1. The van der Waals surface area contributed by atoms with Gasteiger partial charge in [-0.15, -0.1) is 0 Å². The number of nitrogens with one attached hydrogen (secondary N) is 1. The Morgan fingerprint density at radius 1 is 1.33 bits per heavy atom. The highest BCUT2D eigenvalue weighted by molar-refractivity contribution is 5.83. The van der Waals surface area contributed by atoms with Gasteiger partial charge in [-0.2, -0.15) is 5.10 Å². The molecule has 7 nitrogen and oxygen atoms in total. The second kappa shape index (κ2) is 6.45. The van der Waals surface area contributed by atoms with Gasteiger partial charge < -0.3 is 14.8 Å². The average molecular weight is 326 g/mol. The van der Waals surface area contributed by atoms with Gasteiger partial charge in [0.25, 0.3) is 0 Å². The molecule has 1 atom stereocenters. The smallest absolute Gasteiger partial charge is 0.244 e. The fourth-order valence-corrected chi connectivity index (χ4v) is 2.87. The zero-order valence-electron chi connectivity index (χ0n) is 14.4. The second-order valence-corrected chi connectivity index (χ2v) is 5.94. The summed E-state index contributed by atoms with van der Waals surface area (Å²) in [4.78, 5) is 19.1. The van der Waals surface area contributed by atoms with Crippen molar-refractivity contribution in [2.24, 2.45) is 14.1 Å². The highest BCUT2D eigenvalue weighted by atomic mass is 16.2. The standard InChI is InChI=1S/C17H22N6O/c1-18-16(12-9-19-22(3)10-12)17(24)21(2)11-15-20-13-7-5-6-8-14(13)23(15)4/h5-10,16,18H,11H2,1-4H3. The van der Waals surface area contributed by atoms with Gasteiger partial charge >= 0.3 is 0 Å². The monoisotopic (exact) mass is 326 g/mol. The maximum Gasteiger partial charge on any atom is 0.244 e. The summed E-state index contributed by atoms with van der Waals surface area (Å²) in [7, 11) is 7.38. The van der Waals surface area contributed by atoms with Gasteiger partial charge in [-0.25, -0.2) is 4.98 Å². The number of rotatable bonds is 5. The topological polar surface area (TPSA) is 68.0 Å². The number of amides is 1. The molecule has 0 fully saturated rings. The minimum absolute atomic E-state index is 0.0162. The molecular formula is C17H22N6O. The number of likely N-dealkylation sites (N-methyl/N-ethyl adjacent to an activating group) is 2. The number of nitrogens with zero attached hydrogens (tertiary/aromatic N) is 5. The molecule has 0 radical (unpaired) electrons. The Labute approximate surface area is 140 Å². The van der Waals surface area contributed by atoms with Crippen LogP contribution in [0.4, 0.5) is 0 Å². The Hall–Kier alpha value is -2.67. The first-order chi connectivity index (χ1) is 11.5. The van der Waals surface area contributed by atoms with Crippen LogP contribution in [0.25, 0.3) is 11.0 Å². The summed E-state index contributed by atoms with van der Waals surface area (Å²) < 4.78 is 3.72. The molecule has 0 aliphatic carbocycles. The highest BCUT2D eigenvalue weighted by Crippen LogP contribution is 2.18. The van der Waals surface area contributed by atoms with Crippen LogP contribution >= 0.6 is 0 Å². The van der Waals surface area contributed by atoms with E-state index in [1.54, 1.807) is 29.9 Å². The number of para-hydroxylation sites is 2. The van der Waals surface area contributed by atoms with Gasteiger partial charge in [0.15, 0.2) is 0 Å². The van der Waals surface area contributed by atoms with E-state index in [0.29, 0.717) is 6.54 Å². The minimum Gasteiger partial charge on any atom is -0.337 e. The van der Waals surface area contributed by atoms with Gasteiger partial charge in [0.2, 0.25) is 5.91 Å². The molecule has 3 rings (SSSR count). The molecule has 1 N–H and O–H groups in total. The van der Waals surface area contributed by atoms with Crippen molar-refractivity contribution in [2.45, 2.75) is 12.6 Å². The molecule has 7 heteroatoms. The van der Waals surface area contributed by atoms with Gasteiger partial charge in [-0.05, 0) is 19.2 Å². The van der Waals surface area contributed by atoms with Crippen LogP contribution in [0.1, 0.15) is 17.4 Å². The number of aryl methyl sites for hydroxylation is 2. The molecule has 1 amide bonds. The number of fused-ring (bicyclic) bond motifs is 1. The molecule has 1 unspecified atom stereocenters. The second-order valence-electron chi connectivity index (χ2n) is 5.94. The van der Waals surface area contributed by atoms with Crippen molar-refractivity contribution in [1.29, 1.82) is 0 Å². The molecule has 2 heterocycles. The Kier molecular flexibility index (Phi) is 4.35. The normalized spacial score (nSPS) is 12.5. The maximum absolute atomic E-state index is 12.8. The van der Waals surface area contributed by atoms with Crippen LogP contribution in [0.5, 0.6) is 0 Å². The molecule has 0 aliphatic heterocycles. The highest BCUT2D eigenvalue weighted by Gasteiger charge is 2.24. The quantitative estimate of drug-likeness (QED) is 0.766. The first-order valence-electron chi connectivity index (χ1n) is 7.82. The Balaban J connectivity index is 1.81. The number of hydrogen-bond donors (Lipinski definition) is 1. The maximum atomic E-state index is 12.8. The molecule has 0 saturated carbocycles. The predicted molar refractivity (Wildman–Crippen MR) is 92.2 cm³/mol. The zero-order valence-corrected chi connectivity index (χ0v) is 14.4. The van der Waals surface area contributed by atoms with E-state index in [-0.39, 0.29) is 5.91 Å². The van der Waals surface area contributed by atoms with Gasteiger partial charge in [0.05, 0.1) is 23.8 Å². The molecule has 0 bridgehead atoms. The summed E-state index contributed by atoms with van der Waals surface area (Å²) in [5.74, 6) is 0.839. The SMILES string of the molecule is CNC(C(=O)N(C)Cc1nc2ccccc2n1C)c1cnn(C)c1. The van der Waals surface area contributed by atoms with E-state index in [1.165, 1.54) is 0 Å². The number of hydrogen-bond acceptors (Lipinski definition) is 4. The van der Waals surface area contributed by atoms with Crippen LogP contribution in [0.15, 0.2) is 36.7 Å². The Morgan fingerprint density at radius 2 is 2.08 bits per heavy atom. The summed E-state index contributed by atoms with van der Waals surface area (Å²) in [6.45, 7) is 0.447. The van der Waals surface area contributed by atoms with Gasteiger partial charge in [-0.3, -0.25) is 9.48 Å². The van der Waals surface area contributed by atoms with Crippen molar-refractivity contribution in [3.05, 3.63) is 48.0 Å². The molecule has 0 saturated heterocycles. The van der Waals surface area contributed by atoms with Gasteiger partial charge in [-0.1, -0.05) is 12.1 Å². The van der Waals surface area contributed by atoms with Crippen LogP contribution in [0.3, 0.4) is 0 Å². The van der Waals surface area contributed by atoms with Crippen molar-refractivity contribution in [2.75, 3.05) is 14.1 Å². The van der Waals surface area contributed by atoms with E-state index >= 15 is 0 Å². The minimum atomic E-state index is -0.418. The molecule has 1 aromatic carbocycles. The summed E-state index contributed by atoms with van der Waals surface area (Å²) in [6.07, 6.45) is 3.56. The third-order valence-corrected chi connectivity index (χ3v) is 4.23. The van der Waals surface area contributed by atoms with Crippen molar-refractivity contribution in [3.8, 4) is 0 Å². The van der Waals surface area contributed by atoms with E-state index in [0.717, 1.165) is 22.4 Å². The predicted octanol–water partition coefficient (Wildman–Crippen LogP) is 1.23. The molecule has 0 spiro atoms. The molecular weight excluding hydrogens is 304 g/mol. The van der Waals surface area contributed by atoms with Crippen LogP contribution in [0.2, 0.25) is 0 Å². The third-order valence-electron chi connectivity index (χ3n) is 4.23. The summed E-state index contributed by atoms with van der Waals surface area (Å²) in [5.41, 5.74) is 2.85. The Morgan fingerprint density at radius 3 is 2.71 bits per heavy atom. The van der Waals surface area contributed by atoms with E-state index in [9.17, 15) is 4.79 Å². The van der Waals surface area contributed by atoms with Crippen LogP contribution in [-0.2, 0) is 25.4 Å². The number of benzene rings is 1. The lowest BCUT2D eigenvalue weighted by Crippen LogP contribution is -2.37. The van der Waals surface area contributed by atoms with Crippen LogP contribution < -0.4 is 5.32 Å². The fraction of sp³-hybridized carbons (Fsp3) is 0.353. The largest absolute Gasteiger partial charge is 0.337 e. The lowest BCUT2D eigenvalue weighted by atomic mass is 10.1. The lowest BCUT2D eigenvalue weighted by molar-refractivity contribution is -0.132. The summed E-state index contributed by atoms with van der Waals surface area (Å²) >= 11 is 0. The molecule has 3 aromatic rings. The molecule has 0 aliphatic rings. The average Bonchev–Trinajstić information content (AvgIpc) is 3.13. The van der Waals surface area contributed by atoms with E-state index in [4.69, 9.17) is 0 Å². The van der Waals surface area contributed by atoms with Crippen molar-refractivity contribution >= 4 is 16.9 Å². The third kappa shape index (κ3) is 2.90. The fourth-order valence-electron chi connectivity index (χ4n) is 2.87. The zero-order chi connectivity index (χ0) is 17.3. The lowest BCUT2D eigenvalue weighted by Gasteiger charge is -2.22. The number of aromatic nitrogens is 4. The first-order valence-corrected chi connectivity index (χ1v) is 7.82. The van der Waals surface area contributed by atoms with Gasteiger partial charge in [0.1, 0.15) is 11.9 Å².